The predicted molar refractivity (Wildman–Crippen MR) is 74.5 cm³/mol. The van der Waals surface area contributed by atoms with Gasteiger partial charge in [-0.2, -0.15) is 0 Å². The molecule has 2 rings (SSSR count). The smallest absolute Gasteiger partial charge is 0.224 e. The molecule has 2 N–H and O–H groups in total. The van der Waals surface area contributed by atoms with Gasteiger partial charge in [0.05, 0.1) is 6.42 Å². The van der Waals surface area contributed by atoms with E-state index in [4.69, 9.17) is 0 Å². The Labute approximate surface area is 112 Å². The molecule has 19 heavy (non-hydrogen) atoms. The van der Waals surface area contributed by atoms with E-state index in [1.165, 1.54) is 12.1 Å². The fourth-order valence-electron chi connectivity index (χ4n) is 2.14. The number of aromatic amines is 1. The minimum absolute atomic E-state index is 0.0127. The van der Waals surface area contributed by atoms with E-state index < -0.39 is 0 Å². The highest BCUT2D eigenvalue weighted by Gasteiger charge is 2.09. The molecular formula is C15H19FN2O. The molecule has 0 fully saturated rings. The Morgan fingerprint density at radius 1 is 1.37 bits per heavy atom. The van der Waals surface area contributed by atoms with Crippen molar-refractivity contribution in [1.29, 1.82) is 0 Å². The van der Waals surface area contributed by atoms with Gasteiger partial charge in [-0.15, -0.1) is 0 Å². The highest BCUT2D eigenvalue weighted by Crippen LogP contribution is 2.19. The van der Waals surface area contributed by atoms with E-state index in [-0.39, 0.29) is 18.1 Å². The van der Waals surface area contributed by atoms with Crippen molar-refractivity contribution in [3.63, 3.8) is 0 Å². The van der Waals surface area contributed by atoms with Crippen molar-refractivity contribution in [2.24, 2.45) is 0 Å². The first-order chi connectivity index (χ1) is 9.20. The Balaban J connectivity index is 1.97. The van der Waals surface area contributed by atoms with Crippen LogP contribution in [0.2, 0.25) is 0 Å². The number of unbranched alkanes of at least 4 members (excludes halogenated alkanes) is 2. The number of carbonyl (C=O) groups excluding carboxylic acids is 1. The van der Waals surface area contributed by atoms with Crippen LogP contribution in [0.15, 0.2) is 24.4 Å². The molecular weight excluding hydrogens is 243 g/mol. The molecule has 0 saturated heterocycles. The zero-order chi connectivity index (χ0) is 13.7. The highest BCUT2D eigenvalue weighted by atomic mass is 19.1. The van der Waals surface area contributed by atoms with Gasteiger partial charge in [0.15, 0.2) is 0 Å². The maximum Gasteiger partial charge on any atom is 0.224 e. The number of carbonyl (C=O) groups is 1. The lowest BCUT2D eigenvalue weighted by Gasteiger charge is -2.04. The standard InChI is InChI=1S/C15H19FN2O/c1-2-3-4-7-17-15(19)8-11-10-18-14-6-5-12(16)9-13(11)14/h5-6,9-10,18H,2-4,7-8H2,1H3,(H,17,19). The van der Waals surface area contributed by atoms with Gasteiger partial charge in [-0.25, -0.2) is 4.39 Å². The van der Waals surface area contributed by atoms with Crippen molar-refractivity contribution in [2.75, 3.05) is 6.54 Å². The fourth-order valence-corrected chi connectivity index (χ4v) is 2.14. The van der Waals surface area contributed by atoms with Crippen LogP contribution in [0, 0.1) is 5.82 Å². The molecule has 0 bridgehead atoms. The fraction of sp³-hybridized carbons (Fsp3) is 0.400. The minimum Gasteiger partial charge on any atom is -0.361 e. The molecule has 0 radical (unpaired) electrons. The largest absolute Gasteiger partial charge is 0.361 e. The molecule has 4 heteroatoms. The summed E-state index contributed by atoms with van der Waals surface area (Å²) in [6.07, 6.45) is 5.33. The van der Waals surface area contributed by atoms with Crippen LogP contribution in [0.25, 0.3) is 10.9 Å². The van der Waals surface area contributed by atoms with Crippen molar-refractivity contribution in [3.8, 4) is 0 Å². The van der Waals surface area contributed by atoms with E-state index in [1.807, 2.05) is 0 Å². The van der Waals surface area contributed by atoms with Crippen molar-refractivity contribution in [2.45, 2.75) is 32.6 Å². The van der Waals surface area contributed by atoms with Crippen LogP contribution in [0.5, 0.6) is 0 Å². The quantitative estimate of drug-likeness (QED) is 0.772. The third-order valence-electron chi connectivity index (χ3n) is 3.18. The third-order valence-corrected chi connectivity index (χ3v) is 3.18. The lowest BCUT2D eigenvalue weighted by atomic mass is 10.1. The van der Waals surface area contributed by atoms with Gasteiger partial charge >= 0.3 is 0 Å². The minimum atomic E-state index is -0.281. The summed E-state index contributed by atoms with van der Waals surface area (Å²) in [5.41, 5.74) is 1.69. The summed E-state index contributed by atoms with van der Waals surface area (Å²) in [5, 5.41) is 3.67. The summed E-state index contributed by atoms with van der Waals surface area (Å²) < 4.78 is 13.2. The number of nitrogens with one attached hydrogen (secondary N) is 2. The first-order valence-electron chi connectivity index (χ1n) is 6.73. The predicted octanol–water partition coefficient (Wildman–Crippen LogP) is 3.16. The zero-order valence-corrected chi connectivity index (χ0v) is 11.1. The van der Waals surface area contributed by atoms with Crippen molar-refractivity contribution in [1.82, 2.24) is 10.3 Å². The lowest BCUT2D eigenvalue weighted by molar-refractivity contribution is -0.120. The Bertz CT molecular complexity index is 562. The average Bonchev–Trinajstić information content (AvgIpc) is 2.77. The van der Waals surface area contributed by atoms with Crippen LogP contribution in [0.3, 0.4) is 0 Å². The molecule has 0 atom stereocenters. The number of H-pyrrole nitrogens is 1. The summed E-state index contributed by atoms with van der Waals surface area (Å²) in [7, 11) is 0. The first kappa shape index (κ1) is 13.6. The number of fused-ring (bicyclic) bond motifs is 1. The van der Waals surface area contributed by atoms with Gasteiger partial charge in [0.1, 0.15) is 5.82 Å². The topological polar surface area (TPSA) is 44.9 Å². The average molecular weight is 262 g/mol. The molecule has 1 heterocycles. The second kappa shape index (κ2) is 6.36. The van der Waals surface area contributed by atoms with E-state index in [2.05, 4.69) is 17.2 Å². The third kappa shape index (κ3) is 3.56. The van der Waals surface area contributed by atoms with Crippen molar-refractivity contribution < 1.29 is 9.18 Å². The van der Waals surface area contributed by atoms with Crippen LogP contribution in [-0.2, 0) is 11.2 Å². The summed E-state index contributed by atoms with van der Waals surface area (Å²) in [4.78, 5) is 14.8. The number of benzene rings is 1. The van der Waals surface area contributed by atoms with Crippen molar-refractivity contribution in [3.05, 3.63) is 35.8 Å². The molecule has 0 saturated carbocycles. The van der Waals surface area contributed by atoms with Crippen LogP contribution < -0.4 is 5.32 Å². The summed E-state index contributed by atoms with van der Waals surface area (Å²) in [5.74, 6) is -0.294. The van der Waals surface area contributed by atoms with Crippen LogP contribution in [0.4, 0.5) is 4.39 Å². The molecule has 0 aliphatic heterocycles. The molecule has 0 unspecified atom stereocenters. The Morgan fingerprint density at radius 2 is 2.21 bits per heavy atom. The molecule has 0 aliphatic carbocycles. The molecule has 102 valence electrons. The van der Waals surface area contributed by atoms with E-state index in [0.717, 1.165) is 35.7 Å². The second-order valence-corrected chi connectivity index (χ2v) is 4.74. The number of aromatic nitrogens is 1. The van der Waals surface area contributed by atoms with Crippen LogP contribution >= 0.6 is 0 Å². The highest BCUT2D eigenvalue weighted by molar-refractivity contribution is 5.88. The number of hydrogen-bond donors (Lipinski definition) is 2. The van der Waals surface area contributed by atoms with E-state index in [9.17, 15) is 9.18 Å². The number of halogens is 1. The van der Waals surface area contributed by atoms with E-state index >= 15 is 0 Å². The van der Waals surface area contributed by atoms with Gasteiger partial charge in [0.2, 0.25) is 5.91 Å². The second-order valence-electron chi connectivity index (χ2n) is 4.74. The SMILES string of the molecule is CCCCCNC(=O)Cc1c[nH]c2ccc(F)cc12. The molecule has 1 aromatic carbocycles. The molecule has 3 nitrogen and oxygen atoms in total. The molecule has 0 spiro atoms. The Hall–Kier alpha value is -1.84. The van der Waals surface area contributed by atoms with Gasteiger partial charge in [-0.3, -0.25) is 4.79 Å². The summed E-state index contributed by atoms with van der Waals surface area (Å²) in [6.45, 7) is 2.84. The summed E-state index contributed by atoms with van der Waals surface area (Å²) >= 11 is 0. The lowest BCUT2D eigenvalue weighted by Crippen LogP contribution is -2.25. The number of hydrogen-bond acceptors (Lipinski definition) is 1. The van der Waals surface area contributed by atoms with Crippen LogP contribution in [0.1, 0.15) is 31.7 Å². The Kier molecular flexibility index (Phi) is 4.55. The van der Waals surface area contributed by atoms with Crippen molar-refractivity contribution >= 4 is 16.8 Å². The maximum absolute atomic E-state index is 13.2. The molecule has 0 aliphatic rings. The maximum atomic E-state index is 13.2. The molecule has 1 amide bonds. The van der Waals surface area contributed by atoms with Gasteiger partial charge in [-0.05, 0) is 30.2 Å². The van der Waals surface area contributed by atoms with Gasteiger partial charge < -0.3 is 10.3 Å². The van der Waals surface area contributed by atoms with Gasteiger partial charge in [0.25, 0.3) is 0 Å². The van der Waals surface area contributed by atoms with E-state index in [1.54, 1.807) is 12.3 Å². The zero-order valence-electron chi connectivity index (χ0n) is 11.1. The number of rotatable bonds is 6. The monoisotopic (exact) mass is 262 g/mol. The molecule has 2 aromatic rings. The Morgan fingerprint density at radius 3 is 3.00 bits per heavy atom. The van der Waals surface area contributed by atoms with E-state index in [0.29, 0.717) is 6.54 Å². The van der Waals surface area contributed by atoms with Gasteiger partial charge in [-0.1, -0.05) is 19.8 Å². The van der Waals surface area contributed by atoms with Gasteiger partial charge in [0, 0.05) is 23.6 Å². The number of amides is 1. The normalized spacial score (nSPS) is 10.8. The van der Waals surface area contributed by atoms with Crippen LogP contribution in [-0.4, -0.2) is 17.4 Å². The summed E-state index contributed by atoms with van der Waals surface area (Å²) in [6, 6.07) is 4.56. The first-order valence-corrected chi connectivity index (χ1v) is 6.73. The molecule has 1 aromatic heterocycles.